The van der Waals surface area contributed by atoms with Crippen molar-refractivity contribution < 1.29 is 19.1 Å². The monoisotopic (exact) mass is 383 g/mol. The van der Waals surface area contributed by atoms with Gasteiger partial charge in [0.25, 0.3) is 5.91 Å². The van der Waals surface area contributed by atoms with Gasteiger partial charge < -0.3 is 14.8 Å². The second-order valence-electron chi connectivity index (χ2n) is 7.74. The molecule has 0 unspecified atom stereocenters. The molecule has 0 spiro atoms. The van der Waals surface area contributed by atoms with Gasteiger partial charge in [0.1, 0.15) is 5.75 Å². The summed E-state index contributed by atoms with van der Waals surface area (Å²) in [6, 6.07) is 11.9. The van der Waals surface area contributed by atoms with Gasteiger partial charge in [-0.2, -0.15) is 0 Å². The normalized spacial score (nSPS) is 20.4. The maximum Gasteiger partial charge on any atom is 0.313 e. The first-order chi connectivity index (χ1) is 13.5. The SMILES string of the molecule is COc1ccc2cc([C@H](C)C(=O)OCC(=O)N[C@@H]3CCCC[C@@H]3C)ccc2c1. The summed E-state index contributed by atoms with van der Waals surface area (Å²) in [7, 11) is 1.64. The number of carbonyl (C=O) groups excluding carboxylic acids is 2. The maximum atomic E-state index is 12.4. The zero-order valence-corrected chi connectivity index (χ0v) is 16.9. The Labute approximate surface area is 166 Å². The molecule has 1 fully saturated rings. The molecule has 2 aromatic rings. The Hall–Kier alpha value is -2.56. The van der Waals surface area contributed by atoms with Crippen LogP contribution < -0.4 is 10.1 Å². The summed E-state index contributed by atoms with van der Waals surface area (Å²) in [6.07, 6.45) is 4.49. The summed E-state index contributed by atoms with van der Waals surface area (Å²) in [5.74, 6) is 0.229. The molecule has 0 aromatic heterocycles. The Bertz CT molecular complexity index is 848. The third kappa shape index (κ3) is 4.83. The van der Waals surface area contributed by atoms with E-state index in [2.05, 4.69) is 12.2 Å². The second kappa shape index (κ2) is 9.09. The van der Waals surface area contributed by atoms with Crippen LogP contribution in [0.15, 0.2) is 36.4 Å². The van der Waals surface area contributed by atoms with Crippen molar-refractivity contribution in [3.05, 3.63) is 42.0 Å². The summed E-state index contributed by atoms with van der Waals surface area (Å²) in [4.78, 5) is 24.6. The number of methoxy groups -OCH3 is 1. The third-order valence-electron chi connectivity index (χ3n) is 5.73. The molecule has 3 atom stereocenters. The molecule has 0 saturated heterocycles. The van der Waals surface area contributed by atoms with Crippen LogP contribution in [0.1, 0.15) is 51.0 Å². The minimum Gasteiger partial charge on any atom is -0.497 e. The lowest BCUT2D eigenvalue weighted by atomic mass is 9.86. The van der Waals surface area contributed by atoms with Crippen molar-refractivity contribution in [2.75, 3.05) is 13.7 Å². The average molecular weight is 383 g/mol. The molecule has 0 radical (unpaired) electrons. The molecule has 3 rings (SSSR count). The van der Waals surface area contributed by atoms with Crippen molar-refractivity contribution in [1.29, 1.82) is 0 Å². The lowest BCUT2D eigenvalue weighted by molar-refractivity contribution is -0.150. The van der Waals surface area contributed by atoms with Crippen molar-refractivity contribution >= 4 is 22.6 Å². The van der Waals surface area contributed by atoms with Gasteiger partial charge in [-0.3, -0.25) is 9.59 Å². The Kier molecular flexibility index (Phi) is 6.55. The van der Waals surface area contributed by atoms with E-state index >= 15 is 0 Å². The van der Waals surface area contributed by atoms with Crippen LogP contribution >= 0.6 is 0 Å². The van der Waals surface area contributed by atoms with Crippen molar-refractivity contribution in [1.82, 2.24) is 5.32 Å². The maximum absolute atomic E-state index is 12.4. The van der Waals surface area contributed by atoms with Gasteiger partial charge in [-0.25, -0.2) is 0 Å². The fraction of sp³-hybridized carbons (Fsp3) is 0.478. The Morgan fingerprint density at radius 1 is 1.11 bits per heavy atom. The molecule has 150 valence electrons. The predicted molar refractivity (Wildman–Crippen MR) is 109 cm³/mol. The number of ether oxygens (including phenoxy) is 2. The predicted octanol–water partition coefficient (Wildman–Crippen LogP) is 4.19. The smallest absolute Gasteiger partial charge is 0.313 e. The van der Waals surface area contributed by atoms with Gasteiger partial charge >= 0.3 is 5.97 Å². The molecule has 28 heavy (non-hydrogen) atoms. The number of carbonyl (C=O) groups is 2. The number of benzene rings is 2. The third-order valence-corrected chi connectivity index (χ3v) is 5.73. The highest BCUT2D eigenvalue weighted by molar-refractivity contribution is 5.87. The van der Waals surface area contributed by atoms with Crippen molar-refractivity contribution in [2.24, 2.45) is 5.92 Å². The van der Waals surface area contributed by atoms with Crippen LogP contribution in [0.2, 0.25) is 0 Å². The van der Waals surface area contributed by atoms with Gasteiger partial charge in [-0.15, -0.1) is 0 Å². The lowest BCUT2D eigenvalue weighted by Crippen LogP contribution is -2.43. The molecule has 2 aromatic carbocycles. The molecular weight excluding hydrogens is 354 g/mol. The van der Waals surface area contributed by atoms with E-state index in [4.69, 9.17) is 9.47 Å². The van der Waals surface area contributed by atoms with Crippen molar-refractivity contribution in [3.8, 4) is 5.75 Å². The molecule has 0 bridgehead atoms. The van der Waals surface area contributed by atoms with Crippen LogP contribution in [0.25, 0.3) is 10.8 Å². The number of hydrogen-bond donors (Lipinski definition) is 1. The molecule has 0 heterocycles. The molecule has 0 aliphatic heterocycles. The Morgan fingerprint density at radius 3 is 2.57 bits per heavy atom. The molecule has 5 heteroatoms. The highest BCUT2D eigenvalue weighted by Crippen LogP contribution is 2.26. The van der Waals surface area contributed by atoms with Crippen LogP contribution in [0.3, 0.4) is 0 Å². The van der Waals surface area contributed by atoms with Crippen molar-refractivity contribution in [2.45, 2.75) is 51.5 Å². The molecule has 1 N–H and O–H groups in total. The van der Waals surface area contributed by atoms with Crippen LogP contribution in [0, 0.1) is 5.92 Å². The average Bonchev–Trinajstić information content (AvgIpc) is 2.72. The van der Waals surface area contributed by atoms with Crippen LogP contribution in [-0.4, -0.2) is 31.6 Å². The van der Waals surface area contributed by atoms with E-state index in [0.717, 1.165) is 41.3 Å². The van der Waals surface area contributed by atoms with Gasteiger partial charge in [0.2, 0.25) is 0 Å². The fourth-order valence-electron chi connectivity index (χ4n) is 3.82. The van der Waals surface area contributed by atoms with Gasteiger partial charge in [0.15, 0.2) is 6.61 Å². The molecule has 1 aliphatic rings. The van der Waals surface area contributed by atoms with E-state index in [1.807, 2.05) is 36.4 Å². The summed E-state index contributed by atoms with van der Waals surface area (Å²) >= 11 is 0. The summed E-state index contributed by atoms with van der Waals surface area (Å²) < 4.78 is 10.5. The van der Waals surface area contributed by atoms with E-state index in [1.165, 1.54) is 6.42 Å². The van der Waals surface area contributed by atoms with E-state index in [1.54, 1.807) is 14.0 Å². The molecular formula is C23H29NO4. The first kappa shape index (κ1) is 20.2. The quantitative estimate of drug-likeness (QED) is 0.760. The zero-order chi connectivity index (χ0) is 20.1. The number of amides is 1. The number of fused-ring (bicyclic) bond motifs is 1. The number of esters is 1. The van der Waals surface area contributed by atoms with Gasteiger partial charge in [-0.05, 0) is 54.2 Å². The van der Waals surface area contributed by atoms with E-state index in [0.29, 0.717) is 5.92 Å². The van der Waals surface area contributed by atoms with Crippen LogP contribution in [-0.2, 0) is 14.3 Å². The van der Waals surface area contributed by atoms with Crippen molar-refractivity contribution in [3.63, 3.8) is 0 Å². The zero-order valence-electron chi connectivity index (χ0n) is 16.9. The minimum atomic E-state index is -0.437. The van der Waals surface area contributed by atoms with Gasteiger partial charge in [0.05, 0.1) is 13.0 Å². The summed E-state index contributed by atoms with van der Waals surface area (Å²) in [5, 5.41) is 5.09. The van der Waals surface area contributed by atoms with E-state index in [-0.39, 0.29) is 24.5 Å². The van der Waals surface area contributed by atoms with Gasteiger partial charge in [-0.1, -0.05) is 44.0 Å². The first-order valence-corrected chi connectivity index (χ1v) is 10.0. The van der Waals surface area contributed by atoms with Crippen LogP contribution in [0.4, 0.5) is 0 Å². The number of nitrogens with one attached hydrogen (secondary N) is 1. The standard InChI is InChI=1S/C23H29NO4/c1-15-6-4-5-7-21(15)24-22(25)14-28-23(26)16(2)17-8-9-19-13-20(27-3)11-10-18(19)12-17/h8-13,15-16,21H,4-7,14H2,1-3H3,(H,24,25)/t15-,16-,21+/m0/s1. The second-order valence-corrected chi connectivity index (χ2v) is 7.74. The van der Waals surface area contributed by atoms with Gasteiger partial charge in [0, 0.05) is 6.04 Å². The number of hydrogen-bond acceptors (Lipinski definition) is 4. The number of rotatable bonds is 6. The highest BCUT2D eigenvalue weighted by atomic mass is 16.5. The Balaban J connectivity index is 1.56. The summed E-state index contributed by atoms with van der Waals surface area (Å²) in [6.45, 7) is 3.73. The van der Waals surface area contributed by atoms with E-state index < -0.39 is 5.92 Å². The highest BCUT2D eigenvalue weighted by Gasteiger charge is 2.24. The summed E-state index contributed by atoms with van der Waals surface area (Å²) in [5.41, 5.74) is 0.865. The molecule has 1 amide bonds. The molecule has 1 aliphatic carbocycles. The topological polar surface area (TPSA) is 64.6 Å². The minimum absolute atomic E-state index is 0.190. The fourth-order valence-corrected chi connectivity index (χ4v) is 3.82. The lowest BCUT2D eigenvalue weighted by Gasteiger charge is -2.29. The molecule has 5 nitrogen and oxygen atoms in total. The molecule has 1 saturated carbocycles. The van der Waals surface area contributed by atoms with E-state index in [9.17, 15) is 9.59 Å². The first-order valence-electron chi connectivity index (χ1n) is 10.0. The largest absolute Gasteiger partial charge is 0.497 e. The Morgan fingerprint density at radius 2 is 1.82 bits per heavy atom. The van der Waals surface area contributed by atoms with Crippen LogP contribution in [0.5, 0.6) is 5.75 Å².